The molecule has 0 spiro atoms. The molecule has 0 amide bonds. The average Bonchev–Trinajstić information content (AvgIpc) is 0.689. The Hall–Kier alpha value is -12.1. The minimum atomic E-state index is 0.00734. The van der Waals surface area contributed by atoms with E-state index in [1.165, 1.54) is 141 Å². The summed E-state index contributed by atoms with van der Waals surface area (Å²) in [5.74, 6) is 3.56. The van der Waals surface area contributed by atoms with Crippen molar-refractivity contribution in [1.82, 2.24) is 29.9 Å². The second-order valence-electron chi connectivity index (χ2n) is 30.4. The van der Waals surface area contributed by atoms with Crippen molar-refractivity contribution < 1.29 is 0 Å². The van der Waals surface area contributed by atoms with Gasteiger partial charge in [0.2, 0.25) is 0 Å². The molecule has 21 aromatic rings. The third-order valence-corrected chi connectivity index (χ3v) is 22.3. The van der Waals surface area contributed by atoms with Gasteiger partial charge in [-0.3, -0.25) is 0 Å². The summed E-state index contributed by atoms with van der Waals surface area (Å²) in [5.41, 5.74) is 12.9. The molecule has 0 unspecified atom stereocenters. The zero-order valence-electron chi connectivity index (χ0n) is 59.4. The predicted octanol–water partition coefficient (Wildman–Crippen LogP) is 27.7. The van der Waals surface area contributed by atoms with Gasteiger partial charge in [-0.2, -0.15) is 0 Å². The van der Waals surface area contributed by atoms with Gasteiger partial charge in [0.05, 0.1) is 22.4 Å². The number of hydrogen-bond donors (Lipinski definition) is 0. The van der Waals surface area contributed by atoms with Crippen LogP contribution < -0.4 is 0 Å². The zero-order valence-corrected chi connectivity index (χ0v) is 61.6. The van der Waals surface area contributed by atoms with Crippen molar-refractivity contribution in [1.29, 1.82) is 0 Å². The maximum absolute atomic E-state index is 7.03. The summed E-state index contributed by atoms with van der Waals surface area (Å²) >= 11 is 19.3. The molecule has 19 aromatic carbocycles. The van der Waals surface area contributed by atoms with Gasteiger partial charge in [0, 0.05) is 87.5 Å². The zero-order chi connectivity index (χ0) is 72.3. The SMILES string of the molecule is CC(C)(C)c1cc2ccc3ccc4c(-c5cc(Cl)cc(-c6nc(-c7ccccc7)nc(-c7ccccc7)n6)c5)cc5ccc6ccc1c1c6c5c4c3c21.CC(C)(C)c1cc2ccc3ccc4c5c6c(ccc7ccc1c(c76)c2c35)C=[C+]4.Clc1cc(Cl)cc(-c2nc(-c3ccccc3)nc(-c3ccccc3)n2)c1. The van der Waals surface area contributed by atoms with Gasteiger partial charge in [0.15, 0.2) is 40.5 Å². The van der Waals surface area contributed by atoms with Gasteiger partial charge in [-0.25, -0.2) is 29.9 Å². The Morgan fingerprint density at radius 2 is 0.551 bits per heavy atom. The lowest BCUT2D eigenvalue weighted by Crippen LogP contribution is -2.12. The number of benzene rings is 19. The molecule has 0 saturated carbocycles. The topological polar surface area (TPSA) is 77.3 Å². The van der Waals surface area contributed by atoms with E-state index in [0.29, 0.717) is 50.0 Å². The third kappa shape index (κ3) is 10.6. The highest BCUT2D eigenvalue weighted by molar-refractivity contribution is 6.46. The molecule has 0 radical (unpaired) electrons. The Bertz CT molecular complexity index is 6990. The van der Waals surface area contributed by atoms with Crippen molar-refractivity contribution in [3.05, 3.63) is 316 Å². The molecular weight excluding hydrogens is 1370 g/mol. The quantitative estimate of drug-likeness (QED) is 0.0899. The fraction of sp³-hybridized carbons (Fsp3) is 0.0816. The minimum absolute atomic E-state index is 0.00734. The number of aromatic nitrogens is 6. The van der Waals surface area contributed by atoms with Crippen LogP contribution in [-0.4, -0.2) is 29.9 Å². The second-order valence-corrected chi connectivity index (χ2v) is 31.7. The smallest absolute Gasteiger partial charge is 0.164 e. The number of rotatable bonds is 7. The normalized spacial score (nSPS) is 12.4. The number of hydrogen-bond acceptors (Lipinski definition) is 6. The first kappa shape index (κ1) is 64.5. The number of halogens is 3. The lowest BCUT2D eigenvalue weighted by Gasteiger charge is -2.27. The van der Waals surface area contributed by atoms with Crippen LogP contribution in [0.15, 0.2) is 273 Å². The molecule has 107 heavy (non-hydrogen) atoms. The molecule has 0 fully saturated rings. The van der Waals surface area contributed by atoms with Gasteiger partial charge in [-0.05, 0) is 187 Å². The van der Waals surface area contributed by atoms with E-state index in [1.54, 1.807) is 18.2 Å². The van der Waals surface area contributed by atoms with Crippen LogP contribution in [0.25, 0.3) is 204 Å². The van der Waals surface area contributed by atoms with Crippen LogP contribution in [0.2, 0.25) is 15.1 Å². The van der Waals surface area contributed by atoms with Gasteiger partial charge < -0.3 is 0 Å². The molecule has 0 atom stereocenters. The summed E-state index contributed by atoms with van der Waals surface area (Å²) in [6.45, 7) is 13.9. The lowest BCUT2D eigenvalue weighted by atomic mass is 9.76. The van der Waals surface area contributed by atoms with E-state index in [-0.39, 0.29) is 10.8 Å². The van der Waals surface area contributed by atoms with Crippen LogP contribution >= 0.6 is 34.8 Å². The molecule has 0 aliphatic heterocycles. The molecule has 1 aliphatic carbocycles. The molecule has 506 valence electrons. The fourth-order valence-electron chi connectivity index (χ4n) is 16.9. The van der Waals surface area contributed by atoms with E-state index in [9.17, 15) is 0 Å². The molecule has 2 heterocycles. The van der Waals surface area contributed by atoms with Crippen molar-refractivity contribution in [2.45, 2.75) is 52.4 Å². The summed E-state index contributed by atoms with van der Waals surface area (Å²) in [7, 11) is 0. The highest BCUT2D eigenvalue weighted by Crippen LogP contribution is 2.54. The summed E-state index contributed by atoms with van der Waals surface area (Å²) in [4.78, 5) is 28.9. The highest BCUT2D eigenvalue weighted by Gasteiger charge is 2.31. The molecule has 1 aliphatic rings. The molecule has 0 saturated heterocycles. The van der Waals surface area contributed by atoms with Crippen LogP contribution in [0, 0.1) is 6.08 Å². The van der Waals surface area contributed by atoms with Crippen LogP contribution in [0.1, 0.15) is 63.8 Å². The van der Waals surface area contributed by atoms with Gasteiger partial charge in [-0.15, -0.1) is 0 Å². The largest absolute Gasteiger partial charge is 0.208 e. The van der Waals surface area contributed by atoms with Crippen LogP contribution in [0.4, 0.5) is 0 Å². The van der Waals surface area contributed by atoms with E-state index < -0.39 is 0 Å². The summed E-state index contributed by atoms with van der Waals surface area (Å²) in [6, 6.07) is 95.3. The first-order chi connectivity index (χ1) is 52.0. The maximum Gasteiger partial charge on any atom is 0.164 e. The predicted molar refractivity (Wildman–Crippen MR) is 452 cm³/mol. The standard InChI is InChI=1S/C49H32ClN3.C28H19.C21H13Cl2N3/c1-49(2,3)39-26-32-17-15-27-18-20-36-38(25-31-16-14-28-19-21-37(39)45-41(28)42(31)44(36)40(27)43(32)45)33-22-34(24-35(50)23-33)48-52-46(29-10-6-4-7-11-29)51-47(53-48)30-12-8-5-9-13-30;1-28(2,3)21-14-19-11-10-17-7-5-15-4-6-16-8-9-18-12-13-20(21)27-25(18)23(16)22(15)24(17)26(19)27;22-17-11-16(12-18(23)13-17)21-25-19(14-7-3-1-4-8-14)24-20(26-21)15-9-5-2-6-10-15/h4-26H,1-3H3;5-14H,1-3H3;1-13H/q;+1;. The van der Waals surface area contributed by atoms with E-state index in [0.717, 1.165) is 44.5 Å². The van der Waals surface area contributed by atoms with Gasteiger partial charge in [-0.1, -0.05) is 270 Å². The Labute approximate surface area is 633 Å². The van der Waals surface area contributed by atoms with Gasteiger partial charge >= 0.3 is 0 Å². The van der Waals surface area contributed by atoms with E-state index >= 15 is 0 Å². The van der Waals surface area contributed by atoms with E-state index in [2.05, 4.69) is 196 Å². The molecular formula is C98H64Cl3N6+. The summed E-state index contributed by atoms with van der Waals surface area (Å²) in [6.07, 6.45) is 5.71. The Morgan fingerprint density at radius 3 is 0.981 bits per heavy atom. The molecule has 6 nitrogen and oxygen atoms in total. The monoisotopic (exact) mass is 1430 g/mol. The molecule has 2 aromatic heterocycles. The fourth-order valence-corrected chi connectivity index (χ4v) is 17.7. The molecule has 0 bridgehead atoms. The summed E-state index contributed by atoms with van der Waals surface area (Å²) in [5, 5.41) is 31.4. The summed E-state index contributed by atoms with van der Waals surface area (Å²) < 4.78 is 0. The van der Waals surface area contributed by atoms with Gasteiger partial charge in [0.25, 0.3) is 0 Å². The third-order valence-electron chi connectivity index (χ3n) is 21.6. The molecule has 9 heteroatoms. The van der Waals surface area contributed by atoms with Crippen molar-refractivity contribution in [2.24, 2.45) is 0 Å². The van der Waals surface area contributed by atoms with Crippen LogP contribution in [-0.2, 0) is 10.8 Å². The van der Waals surface area contributed by atoms with Gasteiger partial charge in [0.1, 0.15) is 0 Å². The molecule has 0 N–H and O–H groups in total. The number of nitrogens with zero attached hydrogens (tertiary/aromatic N) is 6. The Morgan fingerprint density at radius 1 is 0.243 bits per heavy atom. The minimum Gasteiger partial charge on any atom is -0.208 e. The first-order valence-corrected chi connectivity index (χ1v) is 37.3. The van der Waals surface area contributed by atoms with E-state index in [1.807, 2.05) is 127 Å². The average molecular weight is 1430 g/mol. The van der Waals surface area contributed by atoms with Crippen LogP contribution in [0.5, 0.6) is 0 Å². The second kappa shape index (κ2) is 24.5. The van der Waals surface area contributed by atoms with Crippen LogP contribution in [0.3, 0.4) is 0 Å². The van der Waals surface area contributed by atoms with E-state index in [4.69, 9.17) is 49.8 Å². The molecule has 22 rings (SSSR count). The highest BCUT2D eigenvalue weighted by atomic mass is 35.5. The Balaban J connectivity index is 0.000000117. The first-order valence-electron chi connectivity index (χ1n) is 36.2. The van der Waals surface area contributed by atoms with Crippen molar-refractivity contribution in [2.75, 3.05) is 0 Å². The van der Waals surface area contributed by atoms with Crippen molar-refractivity contribution in [3.8, 4) is 79.5 Å². The lowest BCUT2D eigenvalue weighted by molar-refractivity contribution is 0.596. The maximum atomic E-state index is 7.03. The Kier molecular flexibility index (Phi) is 14.8. The van der Waals surface area contributed by atoms with Crippen molar-refractivity contribution in [3.63, 3.8) is 0 Å². The van der Waals surface area contributed by atoms with Crippen molar-refractivity contribution >= 4 is 159 Å².